The zero-order chi connectivity index (χ0) is 20.5. The molecule has 0 heterocycles. The van der Waals surface area contributed by atoms with Crippen LogP contribution < -0.4 is 0 Å². The van der Waals surface area contributed by atoms with Gasteiger partial charge in [-0.15, -0.1) is 0 Å². The highest BCUT2D eigenvalue weighted by molar-refractivity contribution is 5.06. The maximum Gasteiger partial charge on any atom is 0.0591 e. The van der Waals surface area contributed by atoms with Crippen molar-refractivity contribution in [2.24, 2.45) is 40.9 Å². The Labute approximate surface area is 174 Å². The van der Waals surface area contributed by atoms with Gasteiger partial charge in [0.25, 0.3) is 0 Å². The second-order valence-electron chi connectivity index (χ2n) is 11.4. The average molecular weight is 393 g/mol. The van der Waals surface area contributed by atoms with E-state index in [1.165, 1.54) is 57.8 Å². The summed E-state index contributed by atoms with van der Waals surface area (Å²) in [6.45, 7) is 10.5. The molecule has 0 amide bonds. The highest BCUT2D eigenvalue weighted by Gasteiger charge is 2.56. The molecule has 28 heavy (non-hydrogen) atoms. The van der Waals surface area contributed by atoms with Crippen LogP contribution in [0.3, 0.4) is 0 Å². The van der Waals surface area contributed by atoms with Gasteiger partial charge in [-0.1, -0.05) is 27.2 Å². The zero-order valence-electron chi connectivity index (χ0n) is 19.4. The SMILES string of the molecule is CC.CC(C)(O)CCCC1CCC2C3CCC4CC(O)CCC4C3CCC12C. The summed E-state index contributed by atoms with van der Waals surface area (Å²) in [5.41, 5.74) is 0.0717. The molecule has 0 saturated heterocycles. The summed E-state index contributed by atoms with van der Waals surface area (Å²) in [6.07, 6.45) is 15.5. The Kier molecular flexibility index (Phi) is 7.24. The molecular weight excluding hydrogens is 344 g/mol. The number of fused-ring (bicyclic) bond motifs is 5. The van der Waals surface area contributed by atoms with Crippen molar-refractivity contribution in [1.29, 1.82) is 0 Å². The lowest BCUT2D eigenvalue weighted by atomic mass is 9.49. The molecule has 4 saturated carbocycles. The van der Waals surface area contributed by atoms with Crippen molar-refractivity contribution < 1.29 is 10.2 Å². The maximum atomic E-state index is 10.1. The molecule has 164 valence electrons. The van der Waals surface area contributed by atoms with Gasteiger partial charge in [0.2, 0.25) is 0 Å². The lowest BCUT2D eigenvalue weighted by Gasteiger charge is -2.56. The largest absolute Gasteiger partial charge is 0.393 e. The molecule has 4 aliphatic carbocycles. The summed E-state index contributed by atoms with van der Waals surface area (Å²) in [7, 11) is 0. The lowest BCUT2D eigenvalue weighted by Crippen LogP contribution is -2.49. The minimum atomic E-state index is -0.500. The van der Waals surface area contributed by atoms with Crippen molar-refractivity contribution in [3.63, 3.8) is 0 Å². The molecule has 2 nitrogen and oxygen atoms in total. The van der Waals surface area contributed by atoms with E-state index in [1.807, 2.05) is 27.7 Å². The van der Waals surface area contributed by atoms with Crippen molar-refractivity contribution in [3.8, 4) is 0 Å². The van der Waals surface area contributed by atoms with Crippen LogP contribution in [0.15, 0.2) is 0 Å². The maximum absolute atomic E-state index is 10.1. The van der Waals surface area contributed by atoms with Crippen LogP contribution in [-0.2, 0) is 0 Å². The van der Waals surface area contributed by atoms with E-state index in [0.717, 1.165) is 54.8 Å². The number of hydrogen-bond donors (Lipinski definition) is 2. The third-order valence-corrected chi connectivity index (χ3v) is 9.46. The molecule has 0 aromatic heterocycles. The standard InChI is InChI=1S/C24H42O2.C2H6/c1-23(2,26)13-4-5-17-7-11-22-21-9-6-16-15-18(25)8-10-19(16)20(21)12-14-24(17,22)3;1-2/h16-22,25-26H,4-15H2,1-3H3;1-2H3. The van der Waals surface area contributed by atoms with Gasteiger partial charge in [0.15, 0.2) is 0 Å². The van der Waals surface area contributed by atoms with Crippen molar-refractivity contribution >= 4 is 0 Å². The highest BCUT2D eigenvalue weighted by Crippen LogP contribution is 2.64. The minimum absolute atomic E-state index is 0.00621. The van der Waals surface area contributed by atoms with Gasteiger partial charge in [0.1, 0.15) is 0 Å². The van der Waals surface area contributed by atoms with E-state index in [4.69, 9.17) is 0 Å². The van der Waals surface area contributed by atoms with E-state index >= 15 is 0 Å². The number of rotatable bonds is 4. The monoisotopic (exact) mass is 392 g/mol. The van der Waals surface area contributed by atoms with Crippen LogP contribution in [0.1, 0.15) is 112 Å². The molecule has 0 aliphatic heterocycles. The van der Waals surface area contributed by atoms with Crippen LogP contribution >= 0.6 is 0 Å². The highest BCUT2D eigenvalue weighted by atomic mass is 16.3. The smallest absolute Gasteiger partial charge is 0.0591 e. The van der Waals surface area contributed by atoms with Gasteiger partial charge in [0.05, 0.1) is 11.7 Å². The van der Waals surface area contributed by atoms with Crippen LogP contribution in [0.2, 0.25) is 0 Å². The molecule has 2 N–H and O–H groups in total. The summed E-state index contributed by atoms with van der Waals surface area (Å²) in [5.74, 6) is 5.55. The normalized spacial score (nSPS) is 45.3. The van der Waals surface area contributed by atoms with Gasteiger partial charge >= 0.3 is 0 Å². The molecule has 2 heteroatoms. The van der Waals surface area contributed by atoms with Crippen LogP contribution in [-0.4, -0.2) is 21.9 Å². The molecule has 4 rings (SSSR count). The van der Waals surface area contributed by atoms with Crippen molar-refractivity contribution in [1.82, 2.24) is 0 Å². The number of hydrogen-bond acceptors (Lipinski definition) is 2. The number of aliphatic hydroxyl groups is 2. The Morgan fingerprint density at radius 2 is 1.61 bits per heavy atom. The van der Waals surface area contributed by atoms with Crippen molar-refractivity contribution in [2.75, 3.05) is 0 Å². The van der Waals surface area contributed by atoms with Crippen molar-refractivity contribution in [2.45, 2.75) is 123 Å². The second kappa shape index (κ2) is 8.96. The first kappa shape index (κ1) is 22.6. The Balaban J connectivity index is 0.00000109. The molecule has 4 fully saturated rings. The first-order valence-electron chi connectivity index (χ1n) is 12.7. The van der Waals surface area contributed by atoms with Crippen LogP contribution in [0.4, 0.5) is 0 Å². The molecule has 0 radical (unpaired) electrons. The molecule has 0 bridgehead atoms. The summed E-state index contributed by atoms with van der Waals surface area (Å²) < 4.78 is 0. The zero-order valence-corrected chi connectivity index (χ0v) is 19.4. The number of aliphatic hydroxyl groups excluding tert-OH is 1. The molecule has 4 aliphatic rings. The Bertz CT molecular complexity index is 495. The van der Waals surface area contributed by atoms with Crippen LogP contribution in [0.5, 0.6) is 0 Å². The van der Waals surface area contributed by atoms with Gasteiger partial charge in [-0.2, -0.15) is 0 Å². The Morgan fingerprint density at radius 1 is 0.893 bits per heavy atom. The van der Waals surface area contributed by atoms with Gasteiger partial charge in [0, 0.05) is 0 Å². The molecule has 8 atom stereocenters. The van der Waals surface area contributed by atoms with Crippen LogP contribution in [0, 0.1) is 40.9 Å². The van der Waals surface area contributed by atoms with E-state index in [0.29, 0.717) is 5.41 Å². The third kappa shape index (κ3) is 4.48. The molecule has 8 unspecified atom stereocenters. The average Bonchev–Trinajstić information content (AvgIpc) is 2.98. The summed E-state index contributed by atoms with van der Waals surface area (Å²) in [6, 6.07) is 0. The predicted molar refractivity (Wildman–Crippen MR) is 118 cm³/mol. The van der Waals surface area contributed by atoms with E-state index in [1.54, 1.807) is 0 Å². The fourth-order valence-electron chi connectivity index (χ4n) is 8.19. The summed E-state index contributed by atoms with van der Waals surface area (Å²) >= 11 is 0. The van der Waals surface area contributed by atoms with Gasteiger partial charge in [-0.3, -0.25) is 0 Å². The first-order valence-corrected chi connectivity index (χ1v) is 12.7. The topological polar surface area (TPSA) is 40.5 Å². The summed E-state index contributed by atoms with van der Waals surface area (Å²) in [4.78, 5) is 0. The van der Waals surface area contributed by atoms with Gasteiger partial charge in [-0.25, -0.2) is 0 Å². The first-order chi connectivity index (χ1) is 13.3. The molecule has 0 spiro atoms. The minimum Gasteiger partial charge on any atom is -0.393 e. The fourth-order valence-corrected chi connectivity index (χ4v) is 8.19. The van der Waals surface area contributed by atoms with E-state index in [2.05, 4.69) is 6.92 Å². The Morgan fingerprint density at radius 3 is 2.32 bits per heavy atom. The molecular formula is C26H48O2. The predicted octanol–water partition coefficient (Wildman–Crippen LogP) is 6.58. The molecule has 0 aromatic carbocycles. The quantitative estimate of drug-likeness (QED) is 0.567. The van der Waals surface area contributed by atoms with Crippen molar-refractivity contribution in [3.05, 3.63) is 0 Å². The van der Waals surface area contributed by atoms with Gasteiger partial charge in [-0.05, 0) is 125 Å². The lowest BCUT2D eigenvalue weighted by molar-refractivity contribution is -0.0781. The van der Waals surface area contributed by atoms with Gasteiger partial charge < -0.3 is 10.2 Å². The Hall–Kier alpha value is -0.0800. The summed E-state index contributed by atoms with van der Waals surface area (Å²) in [5, 5.41) is 20.1. The second-order valence-corrected chi connectivity index (χ2v) is 11.4. The van der Waals surface area contributed by atoms with E-state index in [9.17, 15) is 10.2 Å². The van der Waals surface area contributed by atoms with E-state index in [-0.39, 0.29) is 6.10 Å². The van der Waals surface area contributed by atoms with E-state index < -0.39 is 5.60 Å². The van der Waals surface area contributed by atoms with Crippen LogP contribution in [0.25, 0.3) is 0 Å². The molecule has 0 aromatic rings. The fraction of sp³-hybridized carbons (Fsp3) is 1.00. The third-order valence-electron chi connectivity index (χ3n) is 9.46.